The van der Waals surface area contributed by atoms with Crippen LogP contribution in [0.4, 0.5) is 0 Å². The minimum Gasteiger partial charge on any atom is -0.370 e. The summed E-state index contributed by atoms with van der Waals surface area (Å²) in [7, 11) is 3.77. The van der Waals surface area contributed by atoms with Crippen LogP contribution in [0.1, 0.15) is 32.4 Å². The van der Waals surface area contributed by atoms with Gasteiger partial charge < -0.3 is 15.0 Å². The summed E-state index contributed by atoms with van der Waals surface area (Å²) < 4.78 is 7.72. The first-order valence-corrected chi connectivity index (χ1v) is 8.85. The van der Waals surface area contributed by atoms with Crippen molar-refractivity contribution in [3.63, 3.8) is 0 Å². The summed E-state index contributed by atoms with van der Waals surface area (Å²) in [6.07, 6.45) is 3.95. The molecule has 1 aromatic heterocycles. The molecule has 1 N–H and O–H groups in total. The lowest BCUT2D eigenvalue weighted by Crippen LogP contribution is -2.49. The van der Waals surface area contributed by atoms with Gasteiger partial charge >= 0.3 is 0 Å². The third-order valence-electron chi connectivity index (χ3n) is 4.49. The summed E-state index contributed by atoms with van der Waals surface area (Å²) in [4.78, 5) is 9.16. The van der Waals surface area contributed by atoms with Gasteiger partial charge in [0.1, 0.15) is 6.10 Å². The molecule has 24 heavy (non-hydrogen) atoms. The Hall–Kier alpha value is -1.60. The summed E-state index contributed by atoms with van der Waals surface area (Å²) in [5.74, 6) is 0.951. The Morgan fingerprint density at radius 1 is 1.54 bits per heavy atom. The molecule has 7 heteroatoms. The number of guanidine groups is 1. The highest BCUT2D eigenvalue weighted by Crippen LogP contribution is 2.21. The Bertz CT molecular complexity index is 527. The third-order valence-corrected chi connectivity index (χ3v) is 4.49. The first kappa shape index (κ1) is 18.7. The number of hydrogen-bond acceptors (Lipinski definition) is 4. The standard InChI is InChI=1S/C17H32N6O/c1-6-22(14(2)3)8-7-19-17(18-4)23-9-10-24-16(13-23)15-11-20-21(5)12-15/h11-12,14,16H,6-10,13H2,1-5H3,(H,18,19). The van der Waals surface area contributed by atoms with Crippen molar-refractivity contribution in [1.82, 2.24) is 24.9 Å². The zero-order valence-corrected chi connectivity index (χ0v) is 15.7. The van der Waals surface area contributed by atoms with Crippen molar-refractivity contribution in [3.05, 3.63) is 18.0 Å². The van der Waals surface area contributed by atoms with Crippen LogP contribution in [0.3, 0.4) is 0 Å². The van der Waals surface area contributed by atoms with Gasteiger partial charge in [-0.25, -0.2) is 0 Å². The van der Waals surface area contributed by atoms with E-state index < -0.39 is 0 Å². The molecule has 0 bridgehead atoms. The van der Waals surface area contributed by atoms with Gasteiger partial charge in [-0.2, -0.15) is 5.10 Å². The molecule has 0 amide bonds. The van der Waals surface area contributed by atoms with E-state index in [9.17, 15) is 0 Å². The zero-order chi connectivity index (χ0) is 17.5. The van der Waals surface area contributed by atoms with Crippen molar-refractivity contribution in [2.75, 3.05) is 46.4 Å². The molecule has 0 saturated carbocycles. The molecule has 2 heterocycles. The number of rotatable bonds is 6. The fourth-order valence-corrected chi connectivity index (χ4v) is 3.07. The largest absolute Gasteiger partial charge is 0.370 e. The Labute approximate surface area is 145 Å². The van der Waals surface area contributed by atoms with Crippen LogP contribution in [0.5, 0.6) is 0 Å². The normalized spacial score (nSPS) is 19.4. The van der Waals surface area contributed by atoms with Crippen molar-refractivity contribution < 1.29 is 4.74 Å². The molecule has 1 aromatic rings. The molecule has 0 aliphatic carbocycles. The molecule has 136 valence electrons. The van der Waals surface area contributed by atoms with Gasteiger partial charge in [-0.1, -0.05) is 6.92 Å². The van der Waals surface area contributed by atoms with Crippen LogP contribution >= 0.6 is 0 Å². The Kier molecular flexibility index (Phi) is 7.05. The van der Waals surface area contributed by atoms with Gasteiger partial charge in [-0.3, -0.25) is 14.6 Å². The van der Waals surface area contributed by atoms with Crippen molar-refractivity contribution in [3.8, 4) is 0 Å². The molecule has 2 rings (SSSR count). The first-order valence-electron chi connectivity index (χ1n) is 8.85. The van der Waals surface area contributed by atoms with Gasteiger partial charge in [0.2, 0.25) is 0 Å². The van der Waals surface area contributed by atoms with Crippen LogP contribution < -0.4 is 5.32 Å². The number of aryl methyl sites for hydroxylation is 1. The topological polar surface area (TPSA) is 57.9 Å². The van der Waals surface area contributed by atoms with E-state index in [2.05, 4.69) is 46.0 Å². The molecular formula is C17H32N6O. The lowest BCUT2D eigenvalue weighted by atomic mass is 10.1. The zero-order valence-electron chi connectivity index (χ0n) is 15.7. The fourth-order valence-electron chi connectivity index (χ4n) is 3.07. The van der Waals surface area contributed by atoms with Gasteiger partial charge in [0.05, 0.1) is 19.3 Å². The van der Waals surface area contributed by atoms with E-state index in [4.69, 9.17) is 4.74 Å². The smallest absolute Gasteiger partial charge is 0.193 e. The van der Waals surface area contributed by atoms with Gasteiger partial charge in [-0.05, 0) is 20.4 Å². The number of aromatic nitrogens is 2. The quantitative estimate of drug-likeness (QED) is 0.623. The summed E-state index contributed by atoms with van der Waals surface area (Å²) in [5, 5.41) is 7.74. The molecule has 7 nitrogen and oxygen atoms in total. The van der Waals surface area contributed by atoms with E-state index in [1.54, 1.807) is 0 Å². The molecule has 1 fully saturated rings. The SMILES string of the molecule is CCN(CCNC(=NC)N1CCOC(c2cnn(C)c2)C1)C(C)C. The second-order valence-electron chi connectivity index (χ2n) is 6.45. The van der Waals surface area contributed by atoms with Gasteiger partial charge in [0, 0.05) is 51.5 Å². The van der Waals surface area contributed by atoms with Crippen LogP contribution in [0.15, 0.2) is 17.4 Å². The van der Waals surface area contributed by atoms with E-state index in [-0.39, 0.29) is 6.10 Å². The highest BCUT2D eigenvalue weighted by atomic mass is 16.5. The number of nitrogens with one attached hydrogen (secondary N) is 1. The summed E-state index contributed by atoms with van der Waals surface area (Å²) in [6.45, 7) is 12.0. The minimum atomic E-state index is 0.0498. The molecule has 0 aromatic carbocycles. The fraction of sp³-hybridized carbons (Fsp3) is 0.765. The number of likely N-dealkylation sites (N-methyl/N-ethyl adjacent to an activating group) is 1. The average Bonchev–Trinajstić information content (AvgIpc) is 3.01. The Balaban J connectivity index is 1.88. The maximum Gasteiger partial charge on any atom is 0.193 e. The predicted molar refractivity (Wildman–Crippen MR) is 97.2 cm³/mol. The van der Waals surface area contributed by atoms with E-state index in [1.165, 1.54) is 0 Å². The second kappa shape index (κ2) is 9.03. The maximum atomic E-state index is 5.91. The third kappa shape index (κ3) is 4.95. The van der Waals surface area contributed by atoms with Gasteiger partial charge in [-0.15, -0.1) is 0 Å². The van der Waals surface area contributed by atoms with Crippen molar-refractivity contribution in [2.45, 2.75) is 32.9 Å². The molecule has 1 aliphatic rings. The number of ether oxygens (including phenoxy) is 1. The number of aliphatic imine (C=N–C) groups is 1. The number of morpholine rings is 1. The highest BCUT2D eigenvalue weighted by Gasteiger charge is 2.25. The molecule has 1 unspecified atom stereocenters. The Morgan fingerprint density at radius 3 is 2.92 bits per heavy atom. The molecular weight excluding hydrogens is 304 g/mol. The number of nitrogens with zero attached hydrogens (tertiary/aromatic N) is 5. The Morgan fingerprint density at radius 2 is 2.33 bits per heavy atom. The van der Waals surface area contributed by atoms with Gasteiger partial charge in [0.15, 0.2) is 5.96 Å². The van der Waals surface area contributed by atoms with Crippen molar-refractivity contribution in [1.29, 1.82) is 0 Å². The predicted octanol–water partition coefficient (Wildman–Crippen LogP) is 1.10. The lowest BCUT2D eigenvalue weighted by Gasteiger charge is -2.35. The van der Waals surface area contributed by atoms with E-state index in [0.717, 1.165) is 44.2 Å². The van der Waals surface area contributed by atoms with E-state index >= 15 is 0 Å². The van der Waals surface area contributed by atoms with Gasteiger partial charge in [0.25, 0.3) is 0 Å². The van der Waals surface area contributed by atoms with Crippen molar-refractivity contribution in [2.24, 2.45) is 12.0 Å². The van der Waals surface area contributed by atoms with Crippen LogP contribution in [0, 0.1) is 0 Å². The van der Waals surface area contributed by atoms with Crippen LogP contribution in [-0.2, 0) is 11.8 Å². The monoisotopic (exact) mass is 336 g/mol. The molecule has 1 aliphatic heterocycles. The number of hydrogen-bond donors (Lipinski definition) is 1. The minimum absolute atomic E-state index is 0.0498. The van der Waals surface area contributed by atoms with Crippen LogP contribution in [0.2, 0.25) is 0 Å². The van der Waals surface area contributed by atoms with Crippen LogP contribution in [0.25, 0.3) is 0 Å². The maximum absolute atomic E-state index is 5.91. The van der Waals surface area contributed by atoms with E-state index in [1.807, 2.05) is 31.2 Å². The van der Waals surface area contributed by atoms with Crippen molar-refractivity contribution >= 4 is 5.96 Å². The summed E-state index contributed by atoms with van der Waals surface area (Å²) >= 11 is 0. The van der Waals surface area contributed by atoms with E-state index in [0.29, 0.717) is 12.6 Å². The average molecular weight is 336 g/mol. The molecule has 1 saturated heterocycles. The lowest BCUT2D eigenvalue weighted by molar-refractivity contribution is -0.00805. The molecule has 1 atom stereocenters. The highest BCUT2D eigenvalue weighted by molar-refractivity contribution is 5.80. The molecule has 0 spiro atoms. The van der Waals surface area contributed by atoms with Crippen LogP contribution in [-0.4, -0.2) is 78.0 Å². The summed E-state index contributed by atoms with van der Waals surface area (Å²) in [5.41, 5.74) is 1.12. The molecule has 0 radical (unpaired) electrons. The first-order chi connectivity index (χ1) is 11.5. The second-order valence-corrected chi connectivity index (χ2v) is 6.45. The summed E-state index contributed by atoms with van der Waals surface area (Å²) in [6, 6.07) is 0.567.